The molecule has 1 aromatic rings. The summed E-state index contributed by atoms with van der Waals surface area (Å²) in [5, 5.41) is 0. The Morgan fingerprint density at radius 1 is 1.31 bits per heavy atom. The molecule has 1 aliphatic carbocycles. The number of benzene rings is 1. The molecule has 0 saturated heterocycles. The van der Waals surface area contributed by atoms with E-state index in [4.69, 9.17) is 0 Å². The van der Waals surface area contributed by atoms with E-state index in [-0.39, 0.29) is 5.92 Å². The molecule has 0 bridgehead atoms. The first kappa shape index (κ1) is 8.49. The normalized spacial score (nSPS) is 20.5. The van der Waals surface area contributed by atoms with Gasteiger partial charge in [0.25, 0.3) is 0 Å². The van der Waals surface area contributed by atoms with Crippen molar-refractivity contribution in [2.45, 2.75) is 33.1 Å². The van der Waals surface area contributed by atoms with Crippen LogP contribution in [0.1, 0.15) is 35.1 Å². The Kier molecular flexibility index (Phi) is 1.76. The van der Waals surface area contributed by atoms with Crippen LogP contribution in [0.2, 0.25) is 0 Å². The second-order valence-electron chi connectivity index (χ2n) is 4.01. The fourth-order valence-electron chi connectivity index (χ4n) is 2.16. The van der Waals surface area contributed by atoms with Gasteiger partial charge < -0.3 is 0 Å². The van der Waals surface area contributed by atoms with Crippen LogP contribution in [0.5, 0.6) is 0 Å². The van der Waals surface area contributed by atoms with E-state index in [1.54, 1.807) is 0 Å². The fraction of sp³-hybridized carbons (Fsp3) is 0.417. The highest BCUT2D eigenvalue weighted by Crippen LogP contribution is 2.32. The number of Topliss-reactive ketones (excluding diaryl/α,β-unsaturated/α-hetero) is 1. The van der Waals surface area contributed by atoms with E-state index < -0.39 is 0 Å². The minimum absolute atomic E-state index is 0.119. The summed E-state index contributed by atoms with van der Waals surface area (Å²) in [7, 11) is 0. The Bertz CT molecular complexity index is 377. The van der Waals surface area contributed by atoms with Crippen molar-refractivity contribution in [3.63, 3.8) is 0 Å². The summed E-state index contributed by atoms with van der Waals surface area (Å²) in [6.45, 7) is 6.19. The van der Waals surface area contributed by atoms with E-state index >= 15 is 0 Å². The maximum Gasteiger partial charge on any atom is 0.144 e. The Hall–Kier alpha value is -1.11. The van der Waals surface area contributed by atoms with Gasteiger partial charge in [-0.25, -0.2) is 0 Å². The van der Waals surface area contributed by atoms with Gasteiger partial charge in [0.2, 0.25) is 0 Å². The van der Waals surface area contributed by atoms with Gasteiger partial charge in [0.1, 0.15) is 5.78 Å². The smallest absolute Gasteiger partial charge is 0.144 e. The van der Waals surface area contributed by atoms with Gasteiger partial charge in [-0.3, -0.25) is 4.79 Å². The number of hydrogen-bond acceptors (Lipinski definition) is 1. The van der Waals surface area contributed by atoms with Crippen LogP contribution < -0.4 is 0 Å². The molecule has 0 radical (unpaired) electrons. The zero-order valence-corrected chi connectivity index (χ0v) is 8.35. The van der Waals surface area contributed by atoms with E-state index in [0.717, 1.165) is 0 Å². The molecule has 68 valence electrons. The van der Waals surface area contributed by atoms with Gasteiger partial charge in [-0.1, -0.05) is 24.6 Å². The molecular formula is C12H14O. The summed E-state index contributed by atoms with van der Waals surface area (Å²) in [4.78, 5) is 11.5. The average molecular weight is 174 g/mol. The number of ketones is 1. The highest BCUT2D eigenvalue weighted by molar-refractivity contribution is 5.92. The Labute approximate surface area is 78.8 Å². The van der Waals surface area contributed by atoms with Crippen molar-refractivity contribution < 1.29 is 4.79 Å². The number of carbonyl (C=O) groups is 1. The number of fused-ring (bicyclic) bond motifs is 1. The minimum Gasteiger partial charge on any atom is -0.299 e. The van der Waals surface area contributed by atoms with E-state index in [1.165, 1.54) is 22.3 Å². The van der Waals surface area contributed by atoms with Crippen molar-refractivity contribution in [3.05, 3.63) is 34.4 Å². The highest BCUT2D eigenvalue weighted by Gasteiger charge is 2.27. The lowest BCUT2D eigenvalue weighted by Gasteiger charge is -2.07. The van der Waals surface area contributed by atoms with Crippen LogP contribution in [0.25, 0.3) is 0 Å². The molecule has 1 unspecified atom stereocenters. The van der Waals surface area contributed by atoms with E-state index in [1.807, 2.05) is 6.92 Å². The zero-order chi connectivity index (χ0) is 9.59. The number of carbonyl (C=O) groups excluding carboxylic acids is 1. The van der Waals surface area contributed by atoms with Crippen molar-refractivity contribution in [3.8, 4) is 0 Å². The van der Waals surface area contributed by atoms with Gasteiger partial charge in [0.05, 0.1) is 0 Å². The summed E-state index contributed by atoms with van der Waals surface area (Å²) in [5.74, 6) is 0.484. The van der Waals surface area contributed by atoms with E-state index in [2.05, 4.69) is 26.0 Å². The molecule has 0 amide bonds. The Morgan fingerprint density at radius 3 is 2.69 bits per heavy atom. The first-order valence-electron chi connectivity index (χ1n) is 4.72. The summed E-state index contributed by atoms with van der Waals surface area (Å²) in [5.41, 5.74) is 5.05. The minimum atomic E-state index is 0.119. The highest BCUT2D eigenvalue weighted by atomic mass is 16.1. The molecule has 1 atom stereocenters. The van der Waals surface area contributed by atoms with Crippen LogP contribution in [0.3, 0.4) is 0 Å². The van der Waals surface area contributed by atoms with Crippen LogP contribution >= 0.6 is 0 Å². The largest absolute Gasteiger partial charge is 0.299 e. The maximum atomic E-state index is 11.5. The Balaban J connectivity index is 2.63. The third kappa shape index (κ3) is 1.19. The number of rotatable bonds is 0. The lowest BCUT2D eigenvalue weighted by atomic mass is 9.98. The number of aryl methyl sites for hydroxylation is 2. The average Bonchev–Trinajstić information content (AvgIpc) is 2.32. The molecule has 0 heterocycles. The summed E-state index contributed by atoms with van der Waals surface area (Å²) in [6, 6.07) is 4.31. The third-order valence-corrected chi connectivity index (χ3v) is 2.95. The molecule has 0 aliphatic heterocycles. The molecule has 2 rings (SSSR count). The molecule has 1 nitrogen and oxygen atoms in total. The van der Waals surface area contributed by atoms with Gasteiger partial charge in [0.15, 0.2) is 0 Å². The van der Waals surface area contributed by atoms with Gasteiger partial charge >= 0.3 is 0 Å². The predicted octanol–water partition coefficient (Wildman–Crippen LogP) is 2.53. The molecule has 1 heteroatoms. The number of hydrogen-bond donors (Lipinski definition) is 0. The molecule has 0 saturated carbocycles. The van der Waals surface area contributed by atoms with Gasteiger partial charge in [-0.15, -0.1) is 0 Å². The SMILES string of the molecule is Cc1cc(C)c2c(c1)C(C)C(=O)C2. The molecule has 0 N–H and O–H groups in total. The van der Waals surface area contributed by atoms with Gasteiger partial charge in [0, 0.05) is 12.3 Å². The summed E-state index contributed by atoms with van der Waals surface area (Å²) < 4.78 is 0. The fourth-order valence-corrected chi connectivity index (χ4v) is 2.16. The third-order valence-electron chi connectivity index (χ3n) is 2.95. The lowest BCUT2D eigenvalue weighted by molar-refractivity contribution is -0.118. The van der Waals surface area contributed by atoms with Crippen LogP contribution in [-0.2, 0) is 11.2 Å². The molecule has 1 aliphatic rings. The van der Waals surface area contributed by atoms with Crippen LogP contribution in [0.15, 0.2) is 12.1 Å². The molecule has 13 heavy (non-hydrogen) atoms. The first-order chi connectivity index (χ1) is 6.09. The molecule has 0 aromatic heterocycles. The lowest BCUT2D eigenvalue weighted by Crippen LogP contribution is -2.00. The standard InChI is InChI=1S/C12H14O/c1-7-4-8(2)10-6-12(13)9(3)11(10)5-7/h4-5,9H,6H2,1-3H3. The van der Waals surface area contributed by atoms with Crippen LogP contribution in [-0.4, -0.2) is 5.78 Å². The van der Waals surface area contributed by atoms with Crippen molar-refractivity contribution in [1.29, 1.82) is 0 Å². The summed E-state index contributed by atoms with van der Waals surface area (Å²) >= 11 is 0. The molecular weight excluding hydrogens is 160 g/mol. The quantitative estimate of drug-likeness (QED) is 0.590. The monoisotopic (exact) mass is 174 g/mol. The van der Waals surface area contributed by atoms with Crippen molar-refractivity contribution in [2.24, 2.45) is 0 Å². The summed E-state index contributed by atoms with van der Waals surface area (Å²) in [6.07, 6.45) is 0.641. The predicted molar refractivity (Wildman–Crippen MR) is 53.0 cm³/mol. The molecule has 0 fully saturated rings. The van der Waals surface area contributed by atoms with Crippen LogP contribution in [0.4, 0.5) is 0 Å². The second-order valence-corrected chi connectivity index (χ2v) is 4.01. The zero-order valence-electron chi connectivity index (χ0n) is 8.35. The maximum absolute atomic E-state index is 11.5. The van der Waals surface area contributed by atoms with Crippen LogP contribution in [0, 0.1) is 13.8 Å². The van der Waals surface area contributed by atoms with Crippen molar-refractivity contribution >= 4 is 5.78 Å². The van der Waals surface area contributed by atoms with E-state index in [9.17, 15) is 4.79 Å². The van der Waals surface area contributed by atoms with Crippen molar-refractivity contribution in [2.75, 3.05) is 0 Å². The first-order valence-corrected chi connectivity index (χ1v) is 4.72. The van der Waals surface area contributed by atoms with Gasteiger partial charge in [-0.2, -0.15) is 0 Å². The Morgan fingerprint density at radius 2 is 2.00 bits per heavy atom. The molecule has 0 spiro atoms. The molecule has 1 aromatic carbocycles. The second kappa shape index (κ2) is 2.69. The van der Waals surface area contributed by atoms with Crippen molar-refractivity contribution in [1.82, 2.24) is 0 Å². The topological polar surface area (TPSA) is 17.1 Å². The van der Waals surface area contributed by atoms with Gasteiger partial charge in [-0.05, 0) is 30.5 Å². The van der Waals surface area contributed by atoms with E-state index in [0.29, 0.717) is 12.2 Å².